The van der Waals surface area contributed by atoms with E-state index < -0.39 is 5.60 Å². The molecule has 0 aromatic heterocycles. The minimum Gasteiger partial charge on any atom is -0.389 e. The highest BCUT2D eigenvalue weighted by Gasteiger charge is 2.34. The second-order valence-electron chi connectivity index (χ2n) is 5.85. The van der Waals surface area contributed by atoms with Crippen LogP contribution >= 0.6 is 0 Å². The molecule has 1 heterocycles. The molecule has 1 aliphatic heterocycles. The van der Waals surface area contributed by atoms with E-state index in [0.717, 1.165) is 38.6 Å². The largest absolute Gasteiger partial charge is 0.389 e. The van der Waals surface area contributed by atoms with Gasteiger partial charge in [0.25, 0.3) is 0 Å². The van der Waals surface area contributed by atoms with E-state index in [0.29, 0.717) is 13.0 Å². The number of carbonyl (C=O) groups excluding carboxylic acids is 2. The van der Waals surface area contributed by atoms with Crippen LogP contribution in [-0.2, 0) is 9.59 Å². The Morgan fingerprint density at radius 3 is 2.68 bits per heavy atom. The molecule has 0 bridgehead atoms. The van der Waals surface area contributed by atoms with E-state index in [1.165, 1.54) is 0 Å². The van der Waals surface area contributed by atoms with Crippen molar-refractivity contribution in [3.8, 4) is 0 Å². The monoisotopic (exact) mass is 268 g/mol. The SMILES string of the molecule is CCC(=O)N1CCC(NC(=O)CC2(O)CCCC2)C1. The second kappa shape index (κ2) is 5.90. The standard InChI is InChI=1S/C14H24N2O3/c1-2-13(18)16-8-5-11(10-16)15-12(17)9-14(19)6-3-4-7-14/h11,19H,2-10H2,1H3,(H,15,17). The fourth-order valence-electron chi connectivity index (χ4n) is 3.12. The van der Waals surface area contributed by atoms with E-state index in [4.69, 9.17) is 0 Å². The van der Waals surface area contributed by atoms with Gasteiger partial charge in [0.1, 0.15) is 0 Å². The Labute approximate surface area is 114 Å². The van der Waals surface area contributed by atoms with E-state index in [1.807, 2.05) is 6.92 Å². The van der Waals surface area contributed by atoms with Crippen LogP contribution in [0.1, 0.15) is 51.9 Å². The molecule has 1 unspecified atom stereocenters. The van der Waals surface area contributed by atoms with E-state index in [2.05, 4.69) is 5.32 Å². The summed E-state index contributed by atoms with van der Waals surface area (Å²) in [5, 5.41) is 13.1. The molecule has 1 saturated heterocycles. The Morgan fingerprint density at radius 1 is 1.37 bits per heavy atom. The molecule has 1 aliphatic carbocycles. The van der Waals surface area contributed by atoms with Crippen molar-refractivity contribution in [1.29, 1.82) is 0 Å². The van der Waals surface area contributed by atoms with Gasteiger partial charge >= 0.3 is 0 Å². The van der Waals surface area contributed by atoms with Gasteiger partial charge in [-0.15, -0.1) is 0 Å². The molecule has 2 fully saturated rings. The highest BCUT2D eigenvalue weighted by molar-refractivity contribution is 5.78. The predicted molar refractivity (Wildman–Crippen MR) is 71.5 cm³/mol. The molecular weight excluding hydrogens is 244 g/mol. The summed E-state index contributed by atoms with van der Waals surface area (Å²) < 4.78 is 0. The molecule has 5 nitrogen and oxygen atoms in total. The molecule has 0 aromatic rings. The van der Waals surface area contributed by atoms with Crippen LogP contribution in [0.15, 0.2) is 0 Å². The highest BCUT2D eigenvalue weighted by atomic mass is 16.3. The summed E-state index contributed by atoms with van der Waals surface area (Å²) in [6.45, 7) is 3.18. The zero-order chi connectivity index (χ0) is 13.9. The summed E-state index contributed by atoms with van der Waals surface area (Å²) in [6, 6.07) is 0.0491. The summed E-state index contributed by atoms with van der Waals surface area (Å²) in [4.78, 5) is 25.3. The van der Waals surface area contributed by atoms with E-state index in [-0.39, 0.29) is 24.3 Å². The van der Waals surface area contributed by atoms with Crippen LogP contribution in [0.25, 0.3) is 0 Å². The Kier molecular flexibility index (Phi) is 4.45. The number of carbonyl (C=O) groups is 2. The number of rotatable bonds is 4. The normalized spacial score (nSPS) is 25.6. The van der Waals surface area contributed by atoms with Crippen molar-refractivity contribution in [3.63, 3.8) is 0 Å². The summed E-state index contributed by atoms with van der Waals surface area (Å²) in [6.07, 6.45) is 5.00. The van der Waals surface area contributed by atoms with Gasteiger partial charge in [-0.05, 0) is 19.3 Å². The molecule has 19 heavy (non-hydrogen) atoms. The minimum absolute atomic E-state index is 0.0491. The Morgan fingerprint density at radius 2 is 2.05 bits per heavy atom. The average Bonchev–Trinajstić information content (AvgIpc) is 2.97. The molecule has 108 valence electrons. The molecular formula is C14H24N2O3. The maximum Gasteiger partial charge on any atom is 0.223 e. The molecule has 2 rings (SSSR count). The quantitative estimate of drug-likeness (QED) is 0.792. The number of aliphatic hydroxyl groups is 1. The smallest absolute Gasteiger partial charge is 0.223 e. The third-order valence-electron chi connectivity index (χ3n) is 4.23. The maximum atomic E-state index is 11.9. The minimum atomic E-state index is -0.790. The highest BCUT2D eigenvalue weighted by Crippen LogP contribution is 2.32. The lowest BCUT2D eigenvalue weighted by Gasteiger charge is -2.22. The fraction of sp³-hybridized carbons (Fsp3) is 0.857. The van der Waals surface area contributed by atoms with Gasteiger partial charge in [-0.2, -0.15) is 0 Å². The number of likely N-dealkylation sites (tertiary alicyclic amines) is 1. The van der Waals surface area contributed by atoms with Gasteiger partial charge in [0.05, 0.1) is 12.0 Å². The Bertz CT molecular complexity index is 351. The van der Waals surface area contributed by atoms with Gasteiger partial charge in [0.2, 0.25) is 11.8 Å². The molecule has 2 aliphatic rings. The van der Waals surface area contributed by atoms with Gasteiger partial charge in [0, 0.05) is 25.6 Å². The first-order valence-corrected chi connectivity index (χ1v) is 7.32. The Balaban J connectivity index is 1.76. The van der Waals surface area contributed by atoms with Gasteiger partial charge < -0.3 is 15.3 Å². The second-order valence-corrected chi connectivity index (χ2v) is 5.85. The van der Waals surface area contributed by atoms with Crippen LogP contribution in [0.3, 0.4) is 0 Å². The third-order valence-corrected chi connectivity index (χ3v) is 4.23. The molecule has 1 saturated carbocycles. The van der Waals surface area contributed by atoms with Crippen molar-refractivity contribution in [2.24, 2.45) is 0 Å². The van der Waals surface area contributed by atoms with Crippen molar-refractivity contribution in [2.75, 3.05) is 13.1 Å². The van der Waals surface area contributed by atoms with Crippen molar-refractivity contribution in [1.82, 2.24) is 10.2 Å². The first kappa shape index (κ1) is 14.3. The molecule has 2 N–H and O–H groups in total. The number of amides is 2. The van der Waals surface area contributed by atoms with Crippen LogP contribution in [0.2, 0.25) is 0 Å². The van der Waals surface area contributed by atoms with Crippen molar-refractivity contribution in [3.05, 3.63) is 0 Å². The number of hydrogen-bond donors (Lipinski definition) is 2. The predicted octanol–water partition coefficient (Wildman–Crippen LogP) is 0.809. The third kappa shape index (κ3) is 3.69. The molecule has 5 heteroatoms. The summed E-state index contributed by atoms with van der Waals surface area (Å²) >= 11 is 0. The topological polar surface area (TPSA) is 69.6 Å². The first-order chi connectivity index (χ1) is 9.02. The average molecular weight is 268 g/mol. The molecule has 0 aromatic carbocycles. The summed E-state index contributed by atoms with van der Waals surface area (Å²) in [5.74, 6) is 0.0615. The molecule has 0 radical (unpaired) electrons. The fourth-order valence-corrected chi connectivity index (χ4v) is 3.12. The van der Waals surface area contributed by atoms with Crippen LogP contribution in [-0.4, -0.2) is 46.6 Å². The molecule has 2 amide bonds. The van der Waals surface area contributed by atoms with Gasteiger partial charge in [0.15, 0.2) is 0 Å². The van der Waals surface area contributed by atoms with Crippen LogP contribution in [0.5, 0.6) is 0 Å². The van der Waals surface area contributed by atoms with Crippen LogP contribution < -0.4 is 5.32 Å². The lowest BCUT2D eigenvalue weighted by Crippen LogP contribution is -2.41. The van der Waals surface area contributed by atoms with E-state index >= 15 is 0 Å². The number of nitrogens with one attached hydrogen (secondary N) is 1. The molecule has 0 spiro atoms. The van der Waals surface area contributed by atoms with Crippen LogP contribution in [0.4, 0.5) is 0 Å². The van der Waals surface area contributed by atoms with Crippen molar-refractivity contribution < 1.29 is 14.7 Å². The van der Waals surface area contributed by atoms with Gasteiger partial charge in [-0.1, -0.05) is 19.8 Å². The number of hydrogen-bond acceptors (Lipinski definition) is 3. The molecule has 1 atom stereocenters. The lowest BCUT2D eigenvalue weighted by molar-refractivity contribution is -0.130. The number of nitrogens with zero attached hydrogens (tertiary/aromatic N) is 1. The van der Waals surface area contributed by atoms with E-state index in [9.17, 15) is 14.7 Å². The lowest BCUT2D eigenvalue weighted by atomic mass is 9.97. The van der Waals surface area contributed by atoms with Crippen LogP contribution in [0, 0.1) is 0 Å². The Hall–Kier alpha value is -1.10. The summed E-state index contributed by atoms with van der Waals surface area (Å²) in [7, 11) is 0. The van der Waals surface area contributed by atoms with Gasteiger partial charge in [-0.25, -0.2) is 0 Å². The maximum absolute atomic E-state index is 11.9. The van der Waals surface area contributed by atoms with Crippen molar-refractivity contribution >= 4 is 11.8 Å². The van der Waals surface area contributed by atoms with E-state index in [1.54, 1.807) is 4.90 Å². The first-order valence-electron chi connectivity index (χ1n) is 7.32. The summed E-state index contributed by atoms with van der Waals surface area (Å²) in [5.41, 5.74) is -0.790. The van der Waals surface area contributed by atoms with Gasteiger partial charge in [-0.3, -0.25) is 9.59 Å². The zero-order valence-electron chi connectivity index (χ0n) is 11.7. The van der Waals surface area contributed by atoms with Crippen molar-refractivity contribution in [2.45, 2.75) is 63.5 Å². The zero-order valence-corrected chi connectivity index (χ0v) is 11.7.